The number of hydrogen-bond donors (Lipinski definition) is 0. The molecule has 2 rings (SSSR count). The smallest absolute Gasteiger partial charge is 0.331 e. The molecule has 2 aromatic rings. The van der Waals surface area contributed by atoms with Gasteiger partial charge < -0.3 is 9.25 Å². The maximum atomic E-state index is 13.0. The number of furan rings is 1. The fraction of sp³-hybridized carbons (Fsp3) is 0.0769. The van der Waals surface area contributed by atoms with Gasteiger partial charge in [-0.1, -0.05) is 16.8 Å². The zero-order valence-corrected chi connectivity index (χ0v) is 10.6. The molecule has 0 aliphatic rings. The van der Waals surface area contributed by atoms with Crippen molar-refractivity contribution < 1.29 is 18.4 Å². The van der Waals surface area contributed by atoms with Gasteiger partial charge in [-0.05, 0) is 30.3 Å². The van der Waals surface area contributed by atoms with Crippen LogP contribution in [0.2, 0.25) is 5.02 Å². The van der Waals surface area contributed by atoms with Crippen LogP contribution in [0.25, 0.3) is 11.3 Å². The molecule has 0 aliphatic carbocycles. The third kappa shape index (κ3) is 3.42. The summed E-state index contributed by atoms with van der Waals surface area (Å²) < 4.78 is 18.5. The van der Waals surface area contributed by atoms with Gasteiger partial charge in [0.05, 0.1) is 5.02 Å². The van der Waals surface area contributed by atoms with E-state index in [1.807, 2.05) is 0 Å². The second-order valence-corrected chi connectivity index (χ2v) is 4.06. The second kappa shape index (κ2) is 5.67. The van der Waals surface area contributed by atoms with Crippen LogP contribution in [0.15, 0.2) is 39.9 Å². The largest absolute Gasteiger partial charge is 0.455 e. The first-order chi connectivity index (χ1) is 9.06. The lowest BCUT2D eigenvalue weighted by Crippen LogP contribution is -1.90. The predicted octanol–water partition coefficient (Wildman–Crippen LogP) is 3.64. The summed E-state index contributed by atoms with van der Waals surface area (Å²) in [6, 6.07) is 7.58. The number of halogens is 2. The summed E-state index contributed by atoms with van der Waals surface area (Å²) in [5, 5.41) is 3.44. The maximum absolute atomic E-state index is 13.0. The molecule has 0 aliphatic heterocycles. The highest BCUT2D eigenvalue weighted by molar-refractivity contribution is 6.31. The summed E-state index contributed by atoms with van der Waals surface area (Å²) in [6.07, 6.45) is 1.26. The van der Waals surface area contributed by atoms with E-state index in [0.29, 0.717) is 17.1 Å². The molecule has 0 radical (unpaired) electrons. The molecule has 0 atom stereocenters. The molecule has 6 heteroatoms. The van der Waals surface area contributed by atoms with Crippen molar-refractivity contribution in [1.29, 1.82) is 0 Å². The van der Waals surface area contributed by atoms with Crippen molar-refractivity contribution in [2.45, 2.75) is 6.92 Å². The van der Waals surface area contributed by atoms with Crippen LogP contribution in [0.4, 0.5) is 4.39 Å². The van der Waals surface area contributed by atoms with Gasteiger partial charge in [-0.3, -0.25) is 0 Å². The van der Waals surface area contributed by atoms with Crippen LogP contribution in [0.3, 0.4) is 0 Å². The molecule has 0 saturated heterocycles. The molecule has 1 heterocycles. The molecule has 4 nitrogen and oxygen atoms in total. The molecular formula is C13H9ClFNO3. The molecule has 0 N–H and O–H groups in total. The van der Waals surface area contributed by atoms with Crippen molar-refractivity contribution in [3.05, 3.63) is 46.9 Å². The summed E-state index contributed by atoms with van der Waals surface area (Å²) in [6.45, 7) is 1.24. The summed E-state index contributed by atoms with van der Waals surface area (Å²) in [5.41, 5.74) is 0.638. The molecule has 0 unspecified atom stereocenters. The first kappa shape index (κ1) is 13.3. The van der Waals surface area contributed by atoms with E-state index in [1.165, 1.54) is 25.3 Å². The summed E-state index contributed by atoms with van der Waals surface area (Å²) in [7, 11) is 0. The predicted molar refractivity (Wildman–Crippen MR) is 68.5 cm³/mol. The lowest BCUT2D eigenvalue weighted by atomic mass is 10.2. The van der Waals surface area contributed by atoms with E-state index in [9.17, 15) is 9.18 Å². The van der Waals surface area contributed by atoms with Gasteiger partial charge in [0.15, 0.2) is 0 Å². The fourth-order valence-corrected chi connectivity index (χ4v) is 1.56. The molecule has 19 heavy (non-hydrogen) atoms. The van der Waals surface area contributed by atoms with Crippen molar-refractivity contribution in [2.24, 2.45) is 5.16 Å². The highest BCUT2D eigenvalue weighted by Crippen LogP contribution is 2.26. The van der Waals surface area contributed by atoms with Crippen LogP contribution >= 0.6 is 11.6 Å². The van der Waals surface area contributed by atoms with Gasteiger partial charge in [-0.2, -0.15) is 0 Å². The second-order valence-electron chi connectivity index (χ2n) is 3.65. The number of hydrogen-bond acceptors (Lipinski definition) is 4. The van der Waals surface area contributed by atoms with Crippen LogP contribution in [0, 0.1) is 5.82 Å². The molecule has 0 spiro atoms. The van der Waals surface area contributed by atoms with E-state index in [0.717, 1.165) is 0 Å². The van der Waals surface area contributed by atoms with E-state index in [2.05, 4.69) is 9.99 Å². The standard InChI is InChI=1S/C13H9ClFNO3/c1-8(17)19-16-7-10-3-5-13(18-10)9-2-4-12(15)11(14)6-9/h2-7H,1H3/b16-7-. The van der Waals surface area contributed by atoms with Crippen LogP contribution in [-0.2, 0) is 9.63 Å². The van der Waals surface area contributed by atoms with Crippen LogP contribution in [0.5, 0.6) is 0 Å². The molecular weight excluding hydrogens is 273 g/mol. The van der Waals surface area contributed by atoms with Gasteiger partial charge in [0.1, 0.15) is 23.6 Å². The molecule has 0 bridgehead atoms. The zero-order chi connectivity index (χ0) is 13.8. The molecule has 0 fully saturated rings. The highest BCUT2D eigenvalue weighted by Gasteiger charge is 2.07. The van der Waals surface area contributed by atoms with Crippen molar-refractivity contribution in [2.75, 3.05) is 0 Å². The van der Waals surface area contributed by atoms with Gasteiger partial charge >= 0.3 is 5.97 Å². The van der Waals surface area contributed by atoms with E-state index in [-0.39, 0.29) is 5.02 Å². The van der Waals surface area contributed by atoms with E-state index < -0.39 is 11.8 Å². The Bertz CT molecular complexity index is 637. The van der Waals surface area contributed by atoms with Crippen molar-refractivity contribution in [3.8, 4) is 11.3 Å². The number of carbonyl (C=O) groups excluding carboxylic acids is 1. The monoisotopic (exact) mass is 281 g/mol. The van der Waals surface area contributed by atoms with Crippen molar-refractivity contribution in [3.63, 3.8) is 0 Å². The molecule has 98 valence electrons. The third-order valence-corrected chi connectivity index (χ3v) is 2.48. The Morgan fingerprint density at radius 1 is 1.42 bits per heavy atom. The van der Waals surface area contributed by atoms with Crippen molar-refractivity contribution in [1.82, 2.24) is 0 Å². The Morgan fingerprint density at radius 3 is 2.89 bits per heavy atom. The average molecular weight is 282 g/mol. The average Bonchev–Trinajstić information content (AvgIpc) is 2.81. The maximum Gasteiger partial charge on any atom is 0.331 e. The Kier molecular flexibility index (Phi) is 3.97. The molecule has 1 aromatic heterocycles. The molecule has 0 amide bonds. The zero-order valence-electron chi connectivity index (χ0n) is 9.89. The SMILES string of the molecule is CC(=O)O/N=C\c1ccc(-c2ccc(F)c(Cl)c2)o1. The van der Waals surface area contributed by atoms with Crippen LogP contribution in [0.1, 0.15) is 12.7 Å². The minimum atomic E-state index is -0.520. The van der Waals surface area contributed by atoms with E-state index in [4.69, 9.17) is 16.0 Å². The quantitative estimate of drug-likeness (QED) is 0.490. The van der Waals surface area contributed by atoms with Gasteiger partial charge in [-0.15, -0.1) is 0 Å². The van der Waals surface area contributed by atoms with Gasteiger partial charge in [0.2, 0.25) is 0 Å². The minimum Gasteiger partial charge on any atom is -0.455 e. The third-order valence-electron chi connectivity index (χ3n) is 2.19. The van der Waals surface area contributed by atoms with Gasteiger partial charge in [0.25, 0.3) is 0 Å². The molecule has 1 aromatic carbocycles. The molecule has 0 saturated carbocycles. The number of nitrogens with zero attached hydrogens (tertiary/aromatic N) is 1. The highest BCUT2D eigenvalue weighted by atomic mass is 35.5. The fourth-order valence-electron chi connectivity index (χ4n) is 1.38. The van der Waals surface area contributed by atoms with E-state index in [1.54, 1.807) is 18.2 Å². The Balaban J connectivity index is 2.18. The summed E-state index contributed by atoms with van der Waals surface area (Å²) >= 11 is 5.69. The lowest BCUT2D eigenvalue weighted by molar-refractivity contribution is -0.140. The topological polar surface area (TPSA) is 51.8 Å². The number of rotatable bonds is 3. The first-order valence-electron chi connectivity index (χ1n) is 5.32. The summed E-state index contributed by atoms with van der Waals surface area (Å²) in [5.74, 6) is -0.107. The van der Waals surface area contributed by atoms with E-state index >= 15 is 0 Å². The Morgan fingerprint density at radius 2 is 2.21 bits per heavy atom. The Labute approximate surface area is 113 Å². The normalized spacial score (nSPS) is 10.9. The number of benzene rings is 1. The Hall–Kier alpha value is -2.14. The van der Waals surface area contributed by atoms with Gasteiger partial charge in [0, 0.05) is 12.5 Å². The first-order valence-corrected chi connectivity index (χ1v) is 5.70. The minimum absolute atomic E-state index is 0.0176. The summed E-state index contributed by atoms with van der Waals surface area (Å²) in [4.78, 5) is 14.9. The lowest BCUT2D eigenvalue weighted by Gasteiger charge is -1.98. The van der Waals surface area contributed by atoms with Crippen molar-refractivity contribution >= 4 is 23.8 Å². The van der Waals surface area contributed by atoms with Crippen LogP contribution < -0.4 is 0 Å². The van der Waals surface area contributed by atoms with Crippen LogP contribution in [-0.4, -0.2) is 12.2 Å². The van der Waals surface area contributed by atoms with Gasteiger partial charge in [-0.25, -0.2) is 9.18 Å². The number of carbonyl (C=O) groups is 1. The number of oxime groups is 1.